The van der Waals surface area contributed by atoms with E-state index in [0.29, 0.717) is 24.8 Å². The highest BCUT2D eigenvalue weighted by Gasteiger charge is 2.60. The molecule has 0 aromatic carbocycles. The standard InChI is InChI=1S/C19H30N2O3/c22-17(19(18(23)24)9-14-5-6-16(19)8-14)20-10-15-2-1-7-21(12-15)11-13-3-4-13/h13-16H,1-12H2,(H,20,22)(H,23,24). The van der Waals surface area contributed by atoms with Crippen LogP contribution in [0.1, 0.15) is 51.4 Å². The summed E-state index contributed by atoms with van der Waals surface area (Å²) >= 11 is 0. The fraction of sp³-hybridized carbons (Fsp3) is 0.895. The first-order valence-corrected chi connectivity index (χ1v) is 9.82. The van der Waals surface area contributed by atoms with Gasteiger partial charge in [0, 0.05) is 19.6 Å². The van der Waals surface area contributed by atoms with E-state index >= 15 is 0 Å². The highest BCUT2D eigenvalue weighted by atomic mass is 16.4. The fourth-order valence-electron chi connectivity index (χ4n) is 5.51. The van der Waals surface area contributed by atoms with Crippen molar-refractivity contribution in [3.63, 3.8) is 0 Å². The molecule has 2 N–H and O–H groups in total. The first-order chi connectivity index (χ1) is 11.6. The van der Waals surface area contributed by atoms with Gasteiger partial charge in [0.1, 0.15) is 5.41 Å². The monoisotopic (exact) mass is 334 g/mol. The first kappa shape index (κ1) is 16.4. The van der Waals surface area contributed by atoms with Gasteiger partial charge in [-0.1, -0.05) is 6.42 Å². The van der Waals surface area contributed by atoms with Crippen LogP contribution < -0.4 is 5.32 Å². The maximum absolute atomic E-state index is 12.8. The van der Waals surface area contributed by atoms with Gasteiger partial charge in [-0.05, 0) is 75.2 Å². The third kappa shape index (κ3) is 2.96. The molecule has 0 radical (unpaired) electrons. The second-order valence-electron chi connectivity index (χ2n) is 8.78. The van der Waals surface area contributed by atoms with Crippen LogP contribution in [0.15, 0.2) is 0 Å². The largest absolute Gasteiger partial charge is 0.480 e. The Bertz CT molecular complexity index is 519. The number of carboxylic acids is 1. The van der Waals surface area contributed by atoms with Gasteiger partial charge in [-0.15, -0.1) is 0 Å². The zero-order valence-electron chi connectivity index (χ0n) is 14.5. The van der Waals surface area contributed by atoms with E-state index in [0.717, 1.165) is 38.1 Å². The summed E-state index contributed by atoms with van der Waals surface area (Å²) in [5.41, 5.74) is -1.13. The van der Waals surface area contributed by atoms with Crippen LogP contribution in [0.25, 0.3) is 0 Å². The van der Waals surface area contributed by atoms with Gasteiger partial charge in [-0.25, -0.2) is 0 Å². The number of fused-ring (bicyclic) bond motifs is 2. The number of carboxylic acid groups (broad SMARTS) is 1. The van der Waals surface area contributed by atoms with E-state index in [2.05, 4.69) is 10.2 Å². The van der Waals surface area contributed by atoms with Gasteiger partial charge in [-0.3, -0.25) is 9.59 Å². The van der Waals surface area contributed by atoms with Crippen molar-refractivity contribution in [1.29, 1.82) is 0 Å². The Morgan fingerprint density at radius 1 is 1.12 bits per heavy atom. The second kappa shape index (κ2) is 6.32. The number of hydrogen-bond acceptors (Lipinski definition) is 3. The van der Waals surface area contributed by atoms with Crippen molar-refractivity contribution in [2.45, 2.75) is 51.4 Å². The number of likely N-dealkylation sites (tertiary alicyclic amines) is 1. The summed E-state index contributed by atoms with van der Waals surface area (Å²) in [6.07, 6.45) is 8.59. The molecule has 4 fully saturated rings. The summed E-state index contributed by atoms with van der Waals surface area (Å²) in [4.78, 5) is 27.3. The fourth-order valence-corrected chi connectivity index (χ4v) is 5.51. The van der Waals surface area contributed by atoms with Crippen molar-refractivity contribution in [2.75, 3.05) is 26.2 Å². The van der Waals surface area contributed by atoms with Gasteiger partial charge in [0.25, 0.3) is 0 Å². The average molecular weight is 334 g/mol. The van der Waals surface area contributed by atoms with Crippen LogP contribution in [0, 0.1) is 29.1 Å². The average Bonchev–Trinajstić information content (AvgIpc) is 3.14. The van der Waals surface area contributed by atoms with Crippen molar-refractivity contribution < 1.29 is 14.7 Å². The Kier molecular flexibility index (Phi) is 4.31. The molecule has 0 spiro atoms. The highest BCUT2D eigenvalue weighted by Crippen LogP contribution is 2.56. The maximum atomic E-state index is 12.8. The minimum Gasteiger partial charge on any atom is -0.480 e. The number of rotatable bonds is 6. The van der Waals surface area contributed by atoms with Crippen molar-refractivity contribution in [3.05, 3.63) is 0 Å². The number of nitrogens with zero attached hydrogens (tertiary/aromatic N) is 1. The van der Waals surface area contributed by atoms with Crippen LogP contribution in [0.3, 0.4) is 0 Å². The summed E-state index contributed by atoms with van der Waals surface area (Å²) in [6, 6.07) is 0. The Balaban J connectivity index is 1.33. The third-order valence-electron chi connectivity index (χ3n) is 7.00. The van der Waals surface area contributed by atoms with E-state index in [1.165, 1.54) is 32.4 Å². The van der Waals surface area contributed by atoms with Crippen molar-refractivity contribution in [3.8, 4) is 0 Å². The van der Waals surface area contributed by atoms with Gasteiger partial charge >= 0.3 is 5.97 Å². The normalized spacial score (nSPS) is 39.1. The Labute approximate surface area is 144 Å². The van der Waals surface area contributed by atoms with E-state index < -0.39 is 11.4 Å². The van der Waals surface area contributed by atoms with Crippen LogP contribution in [0.2, 0.25) is 0 Å². The maximum Gasteiger partial charge on any atom is 0.319 e. The summed E-state index contributed by atoms with van der Waals surface area (Å²) in [5.74, 6) is 0.777. The molecule has 5 heteroatoms. The molecule has 4 atom stereocenters. The molecule has 134 valence electrons. The van der Waals surface area contributed by atoms with Gasteiger partial charge in [0.15, 0.2) is 0 Å². The molecule has 3 saturated carbocycles. The summed E-state index contributed by atoms with van der Waals surface area (Å²) in [5, 5.41) is 12.8. The molecule has 0 aromatic heterocycles. The van der Waals surface area contributed by atoms with E-state index in [9.17, 15) is 14.7 Å². The van der Waals surface area contributed by atoms with E-state index in [1.807, 2.05) is 0 Å². The molecule has 5 nitrogen and oxygen atoms in total. The topological polar surface area (TPSA) is 69.6 Å². The predicted molar refractivity (Wildman–Crippen MR) is 90.4 cm³/mol. The zero-order chi connectivity index (χ0) is 16.7. The lowest BCUT2D eigenvalue weighted by molar-refractivity contribution is -0.160. The van der Waals surface area contributed by atoms with Gasteiger partial charge in [0.05, 0.1) is 0 Å². The lowest BCUT2D eigenvalue weighted by Crippen LogP contribution is -2.51. The summed E-state index contributed by atoms with van der Waals surface area (Å²) in [6.45, 7) is 4.10. The van der Waals surface area contributed by atoms with Gasteiger partial charge in [0.2, 0.25) is 5.91 Å². The first-order valence-electron chi connectivity index (χ1n) is 9.82. The van der Waals surface area contributed by atoms with Crippen LogP contribution in [-0.4, -0.2) is 48.1 Å². The Morgan fingerprint density at radius 3 is 2.58 bits per heavy atom. The van der Waals surface area contributed by atoms with Crippen molar-refractivity contribution in [1.82, 2.24) is 10.2 Å². The number of amides is 1. The van der Waals surface area contributed by atoms with Crippen LogP contribution in [0.4, 0.5) is 0 Å². The van der Waals surface area contributed by atoms with Gasteiger partial charge < -0.3 is 15.3 Å². The van der Waals surface area contributed by atoms with Crippen LogP contribution >= 0.6 is 0 Å². The summed E-state index contributed by atoms with van der Waals surface area (Å²) in [7, 11) is 0. The second-order valence-corrected chi connectivity index (χ2v) is 8.78. The number of carbonyl (C=O) groups is 2. The number of carbonyl (C=O) groups excluding carboxylic acids is 1. The molecule has 0 aromatic rings. The van der Waals surface area contributed by atoms with Crippen LogP contribution in [-0.2, 0) is 9.59 Å². The molecule has 4 unspecified atom stereocenters. The van der Waals surface area contributed by atoms with E-state index in [1.54, 1.807) is 0 Å². The van der Waals surface area contributed by atoms with E-state index in [4.69, 9.17) is 0 Å². The van der Waals surface area contributed by atoms with E-state index in [-0.39, 0.29) is 11.8 Å². The highest BCUT2D eigenvalue weighted by molar-refractivity contribution is 6.02. The predicted octanol–water partition coefficient (Wildman–Crippen LogP) is 2.12. The lowest BCUT2D eigenvalue weighted by Gasteiger charge is -2.35. The molecule has 24 heavy (non-hydrogen) atoms. The zero-order valence-corrected chi connectivity index (χ0v) is 14.5. The smallest absolute Gasteiger partial charge is 0.319 e. The minimum absolute atomic E-state index is 0.0534. The molecule has 1 aliphatic heterocycles. The van der Waals surface area contributed by atoms with Crippen molar-refractivity contribution in [2.24, 2.45) is 29.1 Å². The molecule has 1 heterocycles. The number of hydrogen-bond donors (Lipinski definition) is 2. The molecule has 4 rings (SSSR count). The molecule has 2 bridgehead atoms. The van der Waals surface area contributed by atoms with Crippen molar-refractivity contribution >= 4 is 11.9 Å². The molecule has 3 aliphatic carbocycles. The summed E-state index contributed by atoms with van der Waals surface area (Å²) < 4.78 is 0. The quantitative estimate of drug-likeness (QED) is 0.730. The van der Waals surface area contributed by atoms with Crippen LogP contribution in [0.5, 0.6) is 0 Å². The number of nitrogens with one attached hydrogen (secondary N) is 1. The molecular weight excluding hydrogens is 304 g/mol. The Morgan fingerprint density at radius 2 is 1.96 bits per heavy atom. The lowest BCUT2D eigenvalue weighted by atomic mass is 9.72. The SMILES string of the molecule is O=C(O)C1(C(=O)NCC2CCCN(CC3CC3)C2)CC2CCC1C2. The molecular formula is C19H30N2O3. The third-order valence-corrected chi connectivity index (χ3v) is 7.00. The Hall–Kier alpha value is -1.10. The molecule has 1 saturated heterocycles. The molecule has 1 amide bonds. The minimum atomic E-state index is -1.13. The number of aliphatic carboxylic acids is 1. The van der Waals surface area contributed by atoms with Gasteiger partial charge in [-0.2, -0.15) is 0 Å². The molecule has 4 aliphatic rings. The number of piperidine rings is 1.